The Morgan fingerprint density at radius 2 is 1.65 bits per heavy atom. The minimum absolute atomic E-state index is 0.220. The molecule has 2 aromatic rings. The van der Waals surface area contributed by atoms with Crippen molar-refractivity contribution in [1.82, 2.24) is 10.6 Å². The number of rotatable bonds is 12. The van der Waals surface area contributed by atoms with Crippen molar-refractivity contribution in [2.75, 3.05) is 6.54 Å². The van der Waals surface area contributed by atoms with Gasteiger partial charge in [0.1, 0.15) is 12.6 Å². The Kier molecular flexibility index (Phi) is 10.6. The summed E-state index contributed by atoms with van der Waals surface area (Å²) in [5.41, 5.74) is 1.75. The first kappa shape index (κ1) is 24.4. The van der Waals surface area contributed by atoms with Gasteiger partial charge in [-0.2, -0.15) is 0 Å². The molecular weight excluding hydrogens is 464 g/mol. The van der Waals surface area contributed by atoms with Crippen LogP contribution < -0.4 is 10.6 Å². The van der Waals surface area contributed by atoms with E-state index in [2.05, 4.69) is 26.6 Å². The number of carboxylic acids is 1. The van der Waals surface area contributed by atoms with Crippen LogP contribution in [0.15, 0.2) is 59.1 Å². The van der Waals surface area contributed by atoms with Crippen LogP contribution in [-0.4, -0.2) is 35.7 Å². The lowest BCUT2D eigenvalue weighted by atomic mass is 10.1. The molecule has 0 bridgehead atoms. The number of hydrogen-bond donors (Lipinski definition) is 3. The molecule has 2 rings (SSSR count). The summed E-state index contributed by atoms with van der Waals surface area (Å²) in [6.45, 7) is 0.675. The number of aliphatic carboxylic acids is 1. The molecule has 0 spiro atoms. The molecule has 0 radical (unpaired) electrons. The highest BCUT2D eigenvalue weighted by molar-refractivity contribution is 9.10. The number of benzene rings is 2. The van der Waals surface area contributed by atoms with Crippen LogP contribution in [0.5, 0.6) is 0 Å². The summed E-state index contributed by atoms with van der Waals surface area (Å²) >= 11 is 3.34. The number of nitrogens with one attached hydrogen (secondary N) is 2. The number of carbonyl (C=O) groups is 3. The van der Waals surface area contributed by atoms with Crippen molar-refractivity contribution >= 4 is 33.9 Å². The lowest BCUT2D eigenvalue weighted by Gasteiger charge is -2.15. The van der Waals surface area contributed by atoms with Crippen LogP contribution >= 0.6 is 15.9 Å². The van der Waals surface area contributed by atoms with E-state index in [9.17, 15) is 19.5 Å². The fraction of sp³-hybridized carbons (Fsp3) is 0.348. The molecule has 0 unspecified atom stereocenters. The van der Waals surface area contributed by atoms with Gasteiger partial charge in [0.2, 0.25) is 5.91 Å². The average molecular weight is 491 g/mol. The zero-order valence-electron chi connectivity index (χ0n) is 17.2. The number of alkyl carbamates (subject to hydrolysis) is 1. The third-order valence-corrected chi connectivity index (χ3v) is 5.08. The maximum atomic E-state index is 12.1. The molecule has 0 aliphatic carbocycles. The van der Waals surface area contributed by atoms with Gasteiger partial charge < -0.3 is 20.5 Å². The van der Waals surface area contributed by atoms with E-state index in [0.717, 1.165) is 22.0 Å². The average Bonchev–Trinajstić information content (AvgIpc) is 2.76. The topological polar surface area (TPSA) is 105 Å². The lowest BCUT2D eigenvalue weighted by Crippen LogP contribution is -2.42. The molecule has 0 saturated heterocycles. The largest absolute Gasteiger partial charge is 0.480 e. The minimum atomic E-state index is -1.06. The number of carboxylic acid groups (broad SMARTS) is 1. The van der Waals surface area contributed by atoms with Gasteiger partial charge in [0, 0.05) is 23.9 Å². The van der Waals surface area contributed by atoms with Crippen molar-refractivity contribution in [3.05, 3.63) is 70.2 Å². The van der Waals surface area contributed by atoms with E-state index in [1.54, 1.807) is 0 Å². The second-order valence-corrected chi connectivity index (χ2v) is 8.00. The summed E-state index contributed by atoms with van der Waals surface area (Å²) in [6.07, 6.45) is 2.04. The molecule has 8 heteroatoms. The quantitative estimate of drug-likeness (QED) is 0.389. The Bertz CT molecular complexity index is 843. The summed E-state index contributed by atoms with van der Waals surface area (Å²) in [5.74, 6) is -1.35. The molecule has 2 amide bonds. The summed E-state index contributed by atoms with van der Waals surface area (Å²) in [4.78, 5) is 35.2. The number of unbranched alkanes of at least 4 members (excludes halogenated alkanes) is 2. The number of carbonyl (C=O) groups excluding carboxylic acids is 2. The molecular formula is C23H27BrN2O5. The van der Waals surface area contributed by atoms with Gasteiger partial charge >= 0.3 is 12.1 Å². The highest BCUT2D eigenvalue weighted by Crippen LogP contribution is 2.12. The van der Waals surface area contributed by atoms with Crippen LogP contribution in [0.3, 0.4) is 0 Å². The van der Waals surface area contributed by atoms with Gasteiger partial charge in [0.15, 0.2) is 0 Å². The van der Waals surface area contributed by atoms with Gasteiger partial charge in [0.05, 0.1) is 0 Å². The van der Waals surface area contributed by atoms with Crippen molar-refractivity contribution in [2.24, 2.45) is 0 Å². The number of amides is 2. The van der Waals surface area contributed by atoms with Crippen LogP contribution in [-0.2, 0) is 27.4 Å². The second-order valence-electron chi connectivity index (χ2n) is 7.09. The van der Waals surface area contributed by atoms with Crippen LogP contribution in [0.25, 0.3) is 0 Å². The maximum absolute atomic E-state index is 12.1. The number of halogens is 1. The molecule has 7 nitrogen and oxygen atoms in total. The van der Waals surface area contributed by atoms with Crippen molar-refractivity contribution in [3.8, 4) is 0 Å². The van der Waals surface area contributed by atoms with E-state index >= 15 is 0 Å². The molecule has 0 aliphatic rings. The first-order valence-electron chi connectivity index (χ1n) is 10.1. The third kappa shape index (κ3) is 10.1. The van der Waals surface area contributed by atoms with E-state index in [4.69, 9.17) is 4.74 Å². The molecule has 0 aliphatic heterocycles. The van der Waals surface area contributed by atoms with Crippen molar-refractivity contribution < 1.29 is 24.2 Å². The number of ether oxygens (including phenoxy) is 1. The van der Waals surface area contributed by atoms with Crippen molar-refractivity contribution in [1.29, 1.82) is 0 Å². The van der Waals surface area contributed by atoms with E-state index in [1.807, 2.05) is 54.6 Å². The Hall–Kier alpha value is -2.87. The zero-order valence-corrected chi connectivity index (χ0v) is 18.8. The Morgan fingerprint density at radius 3 is 2.32 bits per heavy atom. The highest BCUT2D eigenvalue weighted by atomic mass is 79.9. The van der Waals surface area contributed by atoms with Gasteiger partial charge in [-0.05, 0) is 36.1 Å². The Morgan fingerprint density at radius 1 is 0.935 bits per heavy atom. The molecule has 31 heavy (non-hydrogen) atoms. The van der Waals surface area contributed by atoms with E-state index in [1.165, 1.54) is 0 Å². The van der Waals surface area contributed by atoms with E-state index in [-0.39, 0.29) is 25.4 Å². The molecule has 0 fully saturated rings. The van der Waals surface area contributed by atoms with Crippen LogP contribution in [0.2, 0.25) is 0 Å². The molecule has 0 heterocycles. The van der Waals surface area contributed by atoms with Gasteiger partial charge in [-0.3, -0.25) is 4.79 Å². The molecule has 0 aromatic heterocycles. The summed E-state index contributed by atoms with van der Waals surface area (Å²) in [7, 11) is 0. The monoisotopic (exact) mass is 490 g/mol. The fourth-order valence-electron chi connectivity index (χ4n) is 2.87. The second kappa shape index (κ2) is 13.4. The van der Waals surface area contributed by atoms with E-state index in [0.29, 0.717) is 19.4 Å². The molecule has 166 valence electrons. The summed E-state index contributed by atoms with van der Waals surface area (Å²) in [6, 6.07) is 15.8. The van der Waals surface area contributed by atoms with Crippen LogP contribution in [0.1, 0.15) is 36.8 Å². The fourth-order valence-corrected chi connectivity index (χ4v) is 3.14. The maximum Gasteiger partial charge on any atom is 0.407 e. The molecule has 3 N–H and O–H groups in total. The van der Waals surface area contributed by atoms with Gasteiger partial charge in [0.25, 0.3) is 0 Å². The Balaban J connectivity index is 1.57. The highest BCUT2D eigenvalue weighted by Gasteiger charge is 2.20. The minimum Gasteiger partial charge on any atom is -0.480 e. The SMILES string of the molecule is O=C(CCCCCNC(=O)OCc1ccccc1)N[C@@H](Cc1ccc(Br)cc1)C(=O)O. The van der Waals surface area contributed by atoms with Crippen LogP contribution in [0, 0.1) is 0 Å². The predicted octanol–water partition coefficient (Wildman–Crippen LogP) is 4.05. The predicted molar refractivity (Wildman–Crippen MR) is 121 cm³/mol. The van der Waals surface area contributed by atoms with Crippen molar-refractivity contribution in [3.63, 3.8) is 0 Å². The van der Waals surface area contributed by atoms with Gasteiger partial charge in [-0.25, -0.2) is 9.59 Å². The van der Waals surface area contributed by atoms with Gasteiger partial charge in [-0.1, -0.05) is 64.8 Å². The van der Waals surface area contributed by atoms with E-state index < -0.39 is 18.1 Å². The van der Waals surface area contributed by atoms with Gasteiger partial charge in [-0.15, -0.1) is 0 Å². The first-order chi connectivity index (χ1) is 14.9. The molecule has 0 saturated carbocycles. The normalized spacial score (nSPS) is 11.4. The lowest BCUT2D eigenvalue weighted by molar-refractivity contribution is -0.141. The zero-order chi connectivity index (χ0) is 22.5. The summed E-state index contributed by atoms with van der Waals surface area (Å²) < 4.78 is 6.03. The molecule has 1 atom stereocenters. The van der Waals surface area contributed by atoms with Crippen molar-refractivity contribution in [2.45, 2.75) is 44.8 Å². The first-order valence-corrected chi connectivity index (χ1v) is 10.9. The molecule has 2 aromatic carbocycles. The standard InChI is InChI=1S/C23H27BrN2O5/c24-19-12-10-17(11-13-19)15-20(22(28)29)26-21(27)9-5-2-6-14-25-23(30)31-16-18-7-3-1-4-8-18/h1,3-4,7-8,10-13,20H,2,5-6,9,14-16H2,(H,25,30)(H,26,27)(H,28,29)/t20-/m0/s1. The number of hydrogen-bond acceptors (Lipinski definition) is 4. The third-order valence-electron chi connectivity index (χ3n) is 4.55. The summed E-state index contributed by atoms with van der Waals surface area (Å²) in [5, 5.41) is 14.6. The van der Waals surface area contributed by atoms with Crippen LogP contribution in [0.4, 0.5) is 4.79 Å². The smallest absolute Gasteiger partial charge is 0.407 e. The Labute approximate surface area is 190 Å².